The van der Waals surface area contributed by atoms with Crippen molar-refractivity contribution in [1.82, 2.24) is 25.1 Å². The van der Waals surface area contributed by atoms with Gasteiger partial charge in [0.15, 0.2) is 16.1 Å². The molecule has 0 unspecified atom stereocenters. The van der Waals surface area contributed by atoms with Gasteiger partial charge in [-0.05, 0) is 38.8 Å². The molecule has 0 aliphatic heterocycles. The van der Waals surface area contributed by atoms with Gasteiger partial charge in [-0.2, -0.15) is 0 Å². The van der Waals surface area contributed by atoms with Gasteiger partial charge < -0.3 is 15.2 Å². The lowest BCUT2D eigenvalue weighted by molar-refractivity contribution is -0.113. The van der Waals surface area contributed by atoms with Gasteiger partial charge in [-0.15, -0.1) is 21.5 Å². The summed E-state index contributed by atoms with van der Waals surface area (Å²) < 4.78 is 1.95. The van der Waals surface area contributed by atoms with E-state index in [1.807, 2.05) is 62.8 Å². The van der Waals surface area contributed by atoms with Crippen LogP contribution in [-0.4, -0.2) is 37.3 Å². The second-order valence-electron chi connectivity index (χ2n) is 7.78. The maximum absolute atomic E-state index is 12.9. The number of rotatable bonds is 9. The number of aromatic nitrogens is 4. The molecule has 1 atom stereocenters. The number of hydrogen-bond donors (Lipinski definition) is 2. The van der Waals surface area contributed by atoms with E-state index in [-0.39, 0.29) is 29.5 Å². The highest BCUT2D eigenvalue weighted by atomic mass is 32.2. The van der Waals surface area contributed by atoms with Gasteiger partial charge in [0.2, 0.25) is 5.91 Å². The third-order valence-electron chi connectivity index (χ3n) is 4.77. The highest BCUT2D eigenvalue weighted by Gasteiger charge is 2.26. The van der Waals surface area contributed by atoms with E-state index < -0.39 is 0 Å². The molecule has 170 valence electrons. The third kappa shape index (κ3) is 5.95. The predicted octanol–water partition coefficient (Wildman–Crippen LogP) is 4.23. The maximum atomic E-state index is 12.9. The van der Waals surface area contributed by atoms with E-state index in [1.54, 1.807) is 6.07 Å². The van der Waals surface area contributed by atoms with Gasteiger partial charge in [0.05, 0.1) is 17.5 Å². The number of amides is 2. The summed E-state index contributed by atoms with van der Waals surface area (Å²) in [5, 5.41) is 17.7. The van der Waals surface area contributed by atoms with E-state index in [4.69, 9.17) is 0 Å². The summed E-state index contributed by atoms with van der Waals surface area (Å²) in [6.45, 7) is 10.5. The Kier molecular flexibility index (Phi) is 8.03. The van der Waals surface area contributed by atoms with Crippen LogP contribution in [0.25, 0.3) is 0 Å². The molecule has 0 radical (unpaired) electrons. The molecule has 2 amide bonds. The fourth-order valence-electron chi connectivity index (χ4n) is 3.17. The average Bonchev–Trinajstić information content (AvgIpc) is 3.35. The molecule has 32 heavy (non-hydrogen) atoms. The first-order valence-electron chi connectivity index (χ1n) is 10.4. The number of benzene rings is 1. The molecule has 0 saturated heterocycles. The Hall–Kier alpha value is -2.72. The summed E-state index contributed by atoms with van der Waals surface area (Å²) in [4.78, 5) is 29.4. The second kappa shape index (κ2) is 10.7. The van der Waals surface area contributed by atoms with Crippen molar-refractivity contribution < 1.29 is 9.59 Å². The summed E-state index contributed by atoms with van der Waals surface area (Å²) in [5.41, 5.74) is 2.52. The minimum atomic E-state index is -0.308. The fraction of sp³-hybridized carbons (Fsp3) is 0.409. The molecular formula is C22H28N6O2S2. The molecule has 0 fully saturated rings. The molecule has 2 N–H and O–H groups in total. The second-order valence-corrected chi connectivity index (χ2v) is 9.58. The van der Waals surface area contributed by atoms with Crippen molar-refractivity contribution in [3.05, 3.63) is 52.3 Å². The van der Waals surface area contributed by atoms with E-state index >= 15 is 0 Å². The van der Waals surface area contributed by atoms with Crippen molar-refractivity contribution in [2.24, 2.45) is 5.92 Å². The fourth-order valence-corrected chi connectivity index (χ4v) is 4.68. The Morgan fingerprint density at radius 1 is 1.22 bits per heavy atom. The number of aryl methyl sites for hydroxylation is 2. The highest BCUT2D eigenvalue weighted by Crippen LogP contribution is 2.26. The lowest BCUT2D eigenvalue weighted by atomic mass is 10.0. The van der Waals surface area contributed by atoms with Crippen molar-refractivity contribution >= 4 is 40.0 Å². The van der Waals surface area contributed by atoms with Crippen molar-refractivity contribution in [2.45, 2.75) is 52.4 Å². The molecule has 0 bridgehead atoms. The molecule has 0 aliphatic carbocycles. The first-order chi connectivity index (χ1) is 15.3. The smallest absolute Gasteiger partial charge is 0.251 e. The van der Waals surface area contributed by atoms with Gasteiger partial charge >= 0.3 is 0 Å². The minimum absolute atomic E-state index is 0.104. The van der Waals surface area contributed by atoms with Crippen molar-refractivity contribution in [1.29, 1.82) is 0 Å². The normalized spacial score (nSPS) is 12.1. The molecule has 8 nitrogen and oxygen atoms in total. The van der Waals surface area contributed by atoms with Crippen LogP contribution in [0.15, 0.2) is 34.8 Å². The maximum Gasteiger partial charge on any atom is 0.251 e. The summed E-state index contributed by atoms with van der Waals surface area (Å²) in [6, 6.07) is 7.18. The van der Waals surface area contributed by atoms with Crippen molar-refractivity contribution in [2.75, 3.05) is 11.1 Å². The topological polar surface area (TPSA) is 102 Å². The van der Waals surface area contributed by atoms with Crippen LogP contribution < -0.4 is 10.6 Å². The third-order valence-corrected chi connectivity index (χ3v) is 6.61. The van der Waals surface area contributed by atoms with E-state index in [0.717, 1.165) is 11.3 Å². The van der Waals surface area contributed by atoms with Gasteiger partial charge in [0, 0.05) is 17.5 Å². The number of thiazole rings is 1. The zero-order valence-corrected chi connectivity index (χ0v) is 20.5. The van der Waals surface area contributed by atoms with Crippen molar-refractivity contribution in [3.8, 4) is 0 Å². The largest absolute Gasteiger partial charge is 0.342 e. The van der Waals surface area contributed by atoms with Gasteiger partial charge in [-0.1, -0.05) is 43.3 Å². The minimum Gasteiger partial charge on any atom is -0.342 e. The Balaban J connectivity index is 1.71. The van der Waals surface area contributed by atoms with Gasteiger partial charge in [-0.3, -0.25) is 9.59 Å². The Morgan fingerprint density at radius 2 is 2.00 bits per heavy atom. The lowest BCUT2D eigenvalue weighted by Crippen LogP contribution is -2.33. The lowest BCUT2D eigenvalue weighted by Gasteiger charge is -2.22. The highest BCUT2D eigenvalue weighted by molar-refractivity contribution is 7.99. The van der Waals surface area contributed by atoms with Crippen LogP contribution in [0.2, 0.25) is 0 Å². The first-order valence-corrected chi connectivity index (χ1v) is 12.3. The van der Waals surface area contributed by atoms with Crippen LogP contribution in [0.3, 0.4) is 0 Å². The molecule has 3 aromatic rings. The number of carbonyl (C=O) groups is 2. The molecule has 0 aliphatic rings. The van der Waals surface area contributed by atoms with Gasteiger partial charge in [0.25, 0.3) is 5.91 Å². The number of hydrogen-bond acceptors (Lipinski definition) is 7. The molecule has 1 aromatic carbocycles. The molecule has 3 rings (SSSR count). The first kappa shape index (κ1) is 23.9. The average molecular weight is 473 g/mol. The molecular weight excluding hydrogens is 444 g/mol. The number of nitrogens with zero attached hydrogens (tertiary/aromatic N) is 4. The Morgan fingerprint density at radius 3 is 2.62 bits per heavy atom. The summed E-state index contributed by atoms with van der Waals surface area (Å²) in [6.07, 6.45) is 0. The molecule has 10 heteroatoms. The van der Waals surface area contributed by atoms with Crippen molar-refractivity contribution in [3.63, 3.8) is 0 Å². The standard InChI is InChI=1S/C22H28N6O2S2/c1-6-28-19(18(13(2)3)25-20(30)16-9-7-8-14(4)10-16)26-27-22(28)32-12-17(29)24-21-23-15(5)11-31-21/h7-11,13,18H,6,12H2,1-5H3,(H,25,30)(H,23,24,29)/t18-/m0/s1. The van der Waals surface area contributed by atoms with Crippen LogP contribution >= 0.6 is 23.1 Å². The summed E-state index contributed by atoms with van der Waals surface area (Å²) in [5.74, 6) is 0.684. The van der Waals surface area contributed by atoms with E-state index in [9.17, 15) is 9.59 Å². The van der Waals surface area contributed by atoms with E-state index in [1.165, 1.54) is 23.1 Å². The van der Waals surface area contributed by atoms with Crippen LogP contribution in [0.5, 0.6) is 0 Å². The summed E-state index contributed by atoms with van der Waals surface area (Å²) >= 11 is 2.71. The molecule has 2 heterocycles. The van der Waals surface area contributed by atoms with Crippen LogP contribution in [0.4, 0.5) is 5.13 Å². The molecule has 0 spiro atoms. The zero-order valence-electron chi connectivity index (χ0n) is 18.9. The zero-order chi connectivity index (χ0) is 23.3. The van der Waals surface area contributed by atoms with Gasteiger partial charge in [0.1, 0.15) is 0 Å². The van der Waals surface area contributed by atoms with E-state index in [2.05, 4.69) is 25.8 Å². The van der Waals surface area contributed by atoms with Crippen LogP contribution in [0.1, 0.15) is 54.3 Å². The van der Waals surface area contributed by atoms with Crippen LogP contribution in [0, 0.1) is 19.8 Å². The Labute approximate surface area is 196 Å². The van der Waals surface area contributed by atoms with E-state index in [0.29, 0.717) is 28.2 Å². The van der Waals surface area contributed by atoms with Gasteiger partial charge in [-0.25, -0.2) is 4.98 Å². The monoisotopic (exact) mass is 472 g/mol. The predicted molar refractivity (Wildman–Crippen MR) is 128 cm³/mol. The number of thioether (sulfide) groups is 1. The summed E-state index contributed by atoms with van der Waals surface area (Å²) in [7, 11) is 0. The number of carbonyl (C=O) groups excluding carboxylic acids is 2. The SMILES string of the molecule is CCn1c(SCC(=O)Nc2nc(C)cs2)nnc1[C@@H](NC(=O)c1cccc(C)c1)C(C)C. The molecule has 2 aromatic heterocycles. The van der Waals surface area contributed by atoms with Crippen LogP contribution in [-0.2, 0) is 11.3 Å². The Bertz CT molecular complexity index is 1090. The molecule has 0 saturated carbocycles. The number of anilines is 1. The quantitative estimate of drug-likeness (QED) is 0.452. The number of nitrogens with one attached hydrogen (secondary N) is 2.